The van der Waals surface area contributed by atoms with Gasteiger partial charge in [0.05, 0.1) is 0 Å². The lowest BCUT2D eigenvalue weighted by Gasteiger charge is -2.36. The molecule has 0 fully saturated rings. The summed E-state index contributed by atoms with van der Waals surface area (Å²) in [4.78, 5) is 0. The molecule has 0 aliphatic rings. The van der Waals surface area contributed by atoms with Crippen LogP contribution in [0.25, 0.3) is 0 Å². The number of hydrogen-bond acceptors (Lipinski definition) is 2. The molecule has 3 N–H and O–H groups in total. The van der Waals surface area contributed by atoms with E-state index in [9.17, 15) is 0 Å². The highest BCUT2D eigenvalue weighted by atomic mass is 32.2. The molecule has 2 nitrogen and oxygen atoms in total. The van der Waals surface area contributed by atoms with Gasteiger partial charge in [-0.25, -0.2) is 0 Å². The SMILES string of the molecule is CC(C)(C)CC(c1ccc(CSC(=N)N)cc1)C(C)(C)C. The zero-order valence-electron chi connectivity index (χ0n) is 14.3. The van der Waals surface area contributed by atoms with Crippen LogP contribution >= 0.6 is 11.8 Å². The van der Waals surface area contributed by atoms with Crippen LogP contribution in [-0.2, 0) is 5.75 Å². The molecule has 0 saturated heterocycles. The van der Waals surface area contributed by atoms with Crippen LogP contribution in [0.1, 0.15) is 65.0 Å². The maximum absolute atomic E-state index is 7.28. The van der Waals surface area contributed by atoms with E-state index in [1.165, 1.54) is 29.3 Å². The van der Waals surface area contributed by atoms with Gasteiger partial charge in [-0.2, -0.15) is 0 Å². The molecule has 0 heterocycles. The fraction of sp³-hybridized carbons (Fsp3) is 0.611. The summed E-state index contributed by atoms with van der Waals surface area (Å²) in [7, 11) is 0. The monoisotopic (exact) mass is 306 g/mol. The summed E-state index contributed by atoms with van der Waals surface area (Å²) in [6.07, 6.45) is 1.18. The predicted molar refractivity (Wildman–Crippen MR) is 95.9 cm³/mol. The van der Waals surface area contributed by atoms with Crippen molar-refractivity contribution in [1.29, 1.82) is 5.41 Å². The van der Waals surface area contributed by atoms with Gasteiger partial charge in [-0.3, -0.25) is 5.41 Å². The normalized spacial score (nSPS) is 14.0. The van der Waals surface area contributed by atoms with Crippen LogP contribution in [0.3, 0.4) is 0 Å². The molecular weight excluding hydrogens is 276 g/mol. The Balaban J connectivity index is 2.91. The van der Waals surface area contributed by atoms with E-state index in [2.05, 4.69) is 65.8 Å². The zero-order chi connectivity index (χ0) is 16.3. The van der Waals surface area contributed by atoms with E-state index in [0.29, 0.717) is 11.3 Å². The van der Waals surface area contributed by atoms with E-state index >= 15 is 0 Å². The van der Waals surface area contributed by atoms with Gasteiger partial charge >= 0.3 is 0 Å². The van der Waals surface area contributed by atoms with Gasteiger partial charge in [0.15, 0.2) is 5.17 Å². The number of amidine groups is 1. The minimum Gasteiger partial charge on any atom is -0.379 e. The molecule has 0 aliphatic carbocycles. The summed E-state index contributed by atoms with van der Waals surface area (Å²) in [5.41, 5.74) is 8.60. The zero-order valence-corrected chi connectivity index (χ0v) is 15.1. The van der Waals surface area contributed by atoms with Crippen LogP contribution in [0.5, 0.6) is 0 Å². The van der Waals surface area contributed by atoms with Crippen LogP contribution < -0.4 is 5.73 Å². The summed E-state index contributed by atoms with van der Waals surface area (Å²) < 4.78 is 0. The Morgan fingerprint density at radius 2 is 1.62 bits per heavy atom. The second-order valence-corrected chi connectivity index (χ2v) is 9.10. The smallest absolute Gasteiger partial charge is 0.151 e. The third kappa shape index (κ3) is 6.56. The summed E-state index contributed by atoms with van der Waals surface area (Å²) in [5, 5.41) is 7.46. The fourth-order valence-electron chi connectivity index (χ4n) is 2.54. The molecule has 1 unspecified atom stereocenters. The van der Waals surface area contributed by atoms with Gasteiger partial charge in [0.1, 0.15) is 0 Å². The van der Waals surface area contributed by atoms with Crippen LogP contribution in [0.15, 0.2) is 24.3 Å². The Morgan fingerprint density at radius 3 is 2.00 bits per heavy atom. The Hall–Kier alpha value is -0.960. The molecule has 0 spiro atoms. The van der Waals surface area contributed by atoms with Crippen molar-refractivity contribution in [2.24, 2.45) is 16.6 Å². The standard InChI is InChI=1S/C18H30N2S/c1-17(2,3)11-15(18(4,5)6)14-9-7-13(8-10-14)12-21-16(19)20/h7-10,15H,11-12H2,1-6H3,(H3,19,20). The Kier molecular flexibility index (Phi) is 5.92. The molecule has 118 valence electrons. The molecule has 1 aromatic rings. The number of benzene rings is 1. The quantitative estimate of drug-likeness (QED) is 0.579. The molecule has 0 aromatic heterocycles. The highest BCUT2D eigenvalue weighted by Gasteiger charge is 2.30. The minimum atomic E-state index is 0.180. The molecule has 0 aliphatic heterocycles. The van der Waals surface area contributed by atoms with Crippen molar-refractivity contribution in [3.05, 3.63) is 35.4 Å². The van der Waals surface area contributed by atoms with Crippen molar-refractivity contribution in [3.8, 4) is 0 Å². The second kappa shape index (κ2) is 6.87. The summed E-state index contributed by atoms with van der Waals surface area (Å²) in [6, 6.07) is 8.84. The maximum atomic E-state index is 7.28. The lowest BCUT2D eigenvalue weighted by atomic mass is 9.69. The van der Waals surface area contributed by atoms with Crippen molar-refractivity contribution < 1.29 is 0 Å². The Labute approximate surface area is 134 Å². The number of rotatable bonds is 4. The topological polar surface area (TPSA) is 49.9 Å². The lowest BCUT2D eigenvalue weighted by Crippen LogP contribution is -2.23. The van der Waals surface area contributed by atoms with E-state index in [4.69, 9.17) is 11.1 Å². The first-order chi connectivity index (χ1) is 9.49. The molecule has 0 bridgehead atoms. The van der Waals surface area contributed by atoms with E-state index < -0.39 is 0 Å². The Morgan fingerprint density at radius 1 is 1.10 bits per heavy atom. The van der Waals surface area contributed by atoms with Gasteiger partial charge in [0.2, 0.25) is 0 Å². The van der Waals surface area contributed by atoms with Crippen molar-refractivity contribution in [3.63, 3.8) is 0 Å². The predicted octanol–water partition coefficient (Wildman–Crippen LogP) is 5.38. The molecule has 3 heteroatoms. The van der Waals surface area contributed by atoms with Gasteiger partial charge in [-0.1, -0.05) is 77.6 Å². The summed E-state index contributed by atoms with van der Waals surface area (Å²) in [6.45, 7) is 13.9. The van der Waals surface area contributed by atoms with E-state index in [-0.39, 0.29) is 10.6 Å². The van der Waals surface area contributed by atoms with Gasteiger partial charge in [-0.05, 0) is 34.3 Å². The molecule has 0 amide bonds. The third-order valence-corrected chi connectivity index (χ3v) is 4.43. The summed E-state index contributed by atoms with van der Waals surface area (Å²) >= 11 is 1.38. The maximum Gasteiger partial charge on any atom is 0.151 e. The Bertz CT molecular complexity index is 463. The first kappa shape index (κ1) is 18.1. The van der Waals surface area contributed by atoms with Crippen LogP contribution in [-0.4, -0.2) is 5.17 Å². The highest BCUT2D eigenvalue weighted by molar-refractivity contribution is 8.13. The van der Waals surface area contributed by atoms with Gasteiger partial charge in [0.25, 0.3) is 0 Å². The first-order valence-electron chi connectivity index (χ1n) is 7.55. The van der Waals surface area contributed by atoms with E-state index in [1.807, 2.05) is 0 Å². The van der Waals surface area contributed by atoms with Crippen molar-refractivity contribution in [2.45, 2.75) is 59.6 Å². The van der Waals surface area contributed by atoms with Gasteiger partial charge in [-0.15, -0.1) is 0 Å². The average molecular weight is 307 g/mol. The van der Waals surface area contributed by atoms with Gasteiger partial charge in [0, 0.05) is 5.75 Å². The number of thioether (sulfide) groups is 1. The molecule has 1 aromatic carbocycles. The number of hydrogen-bond donors (Lipinski definition) is 2. The number of nitrogens with two attached hydrogens (primary N) is 1. The van der Waals surface area contributed by atoms with Gasteiger partial charge < -0.3 is 5.73 Å². The van der Waals surface area contributed by atoms with E-state index in [1.54, 1.807) is 0 Å². The molecular formula is C18H30N2S. The van der Waals surface area contributed by atoms with Crippen molar-refractivity contribution in [1.82, 2.24) is 0 Å². The first-order valence-corrected chi connectivity index (χ1v) is 8.53. The second-order valence-electron chi connectivity index (χ2n) is 8.08. The van der Waals surface area contributed by atoms with Crippen LogP contribution in [0.2, 0.25) is 0 Å². The molecule has 21 heavy (non-hydrogen) atoms. The van der Waals surface area contributed by atoms with E-state index in [0.717, 1.165) is 5.75 Å². The van der Waals surface area contributed by atoms with Crippen LogP contribution in [0, 0.1) is 16.2 Å². The number of nitrogens with one attached hydrogen (secondary N) is 1. The minimum absolute atomic E-state index is 0.180. The largest absolute Gasteiger partial charge is 0.379 e. The average Bonchev–Trinajstić information content (AvgIpc) is 2.32. The third-order valence-electron chi connectivity index (χ3n) is 3.64. The van der Waals surface area contributed by atoms with Crippen molar-refractivity contribution in [2.75, 3.05) is 0 Å². The lowest BCUT2D eigenvalue weighted by molar-refractivity contribution is 0.229. The summed E-state index contributed by atoms with van der Waals surface area (Å²) in [5.74, 6) is 1.32. The van der Waals surface area contributed by atoms with Crippen molar-refractivity contribution >= 4 is 16.9 Å². The fourth-order valence-corrected chi connectivity index (χ4v) is 3.06. The molecule has 0 saturated carbocycles. The molecule has 1 atom stereocenters. The molecule has 0 radical (unpaired) electrons. The molecule has 1 rings (SSSR count). The van der Waals surface area contributed by atoms with Crippen LogP contribution in [0.4, 0.5) is 0 Å². The highest BCUT2D eigenvalue weighted by Crippen LogP contribution is 2.43.